The van der Waals surface area contributed by atoms with Crippen molar-refractivity contribution in [3.8, 4) is 5.75 Å². The van der Waals surface area contributed by atoms with Crippen LogP contribution >= 0.6 is 23.1 Å². The number of Topliss-reactive ketones (excluding diaryl/α,β-unsaturated/α-hetero) is 1. The summed E-state index contributed by atoms with van der Waals surface area (Å²) in [5.41, 5.74) is 1.82. The summed E-state index contributed by atoms with van der Waals surface area (Å²) in [6, 6.07) is 7.14. The highest BCUT2D eigenvalue weighted by Crippen LogP contribution is 2.36. The number of fused-ring (bicyclic) bond motifs is 3. The lowest BCUT2D eigenvalue weighted by atomic mass is 10.1. The highest BCUT2D eigenvalue weighted by molar-refractivity contribution is 8.00. The first-order chi connectivity index (χ1) is 13.5. The summed E-state index contributed by atoms with van der Waals surface area (Å²) < 4.78 is 6.76. The summed E-state index contributed by atoms with van der Waals surface area (Å²) >= 11 is 3.01. The number of ketones is 1. The predicted molar refractivity (Wildman–Crippen MR) is 114 cm³/mol. The topological polar surface area (TPSA) is 61.2 Å². The molecule has 2 aromatic heterocycles. The fourth-order valence-corrected chi connectivity index (χ4v) is 5.96. The van der Waals surface area contributed by atoms with Gasteiger partial charge in [0, 0.05) is 17.5 Å². The Labute approximate surface area is 171 Å². The largest absolute Gasteiger partial charge is 0.497 e. The van der Waals surface area contributed by atoms with E-state index in [-0.39, 0.29) is 16.6 Å². The number of aryl methyl sites for hydroxylation is 2. The van der Waals surface area contributed by atoms with Crippen LogP contribution in [-0.4, -0.2) is 27.7 Å². The van der Waals surface area contributed by atoms with E-state index in [0.717, 1.165) is 35.2 Å². The molecule has 1 unspecified atom stereocenters. The minimum absolute atomic E-state index is 0.00125. The average Bonchev–Trinajstić information content (AvgIpc) is 3.30. The molecule has 1 aliphatic carbocycles. The fraction of sp³-hybridized carbons (Fsp3) is 0.381. The van der Waals surface area contributed by atoms with Crippen molar-refractivity contribution >= 4 is 39.1 Å². The van der Waals surface area contributed by atoms with Crippen LogP contribution in [0.15, 0.2) is 34.2 Å². The smallest absolute Gasteiger partial charge is 0.262 e. The highest BCUT2D eigenvalue weighted by atomic mass is 32.2. The number of nitrogens with zero attached hydrogens (tertiary/aromatic N) is 2. The zero-order chi connectivity index (χ0) is 19.8. The molecule has 1 atom stereocenters. The molecule has 0 spiro atoms. The van der Waals surface area contributed by atoms with E-state index in [9.17, 15) is 9.59 Å². The molecule has 0 N–H and O–H groups in total. The molecule has 5 nitrogen and oxygen atoms in total. The first-order valence-electron chi connectivity index (χ1n) is 9.39. The Morgan fingerprint density at radius 1 is 1.32 bits per heavy atom. The predicted octanol–water partition coefficient (Wildman–Crippen LogP) is 4.25. The number of methoxy groups -OCH3 is 1. The molecule has 4 rings (SSSR count). The molecule has 2 heterocycles. The molecular weight excluding hydrogens is 392 g/mol. The molecule has 1 aliphatic rings. The normalized spacial score (nSPS) is 14.2. The molecule has 7 heteroatoms. The number of thioether (sulfide) groups is 1. The molecule has 0 amide bonds. The van der Waals surface area contributed by atoms with Crippen LogP contribution < -0.4 is 10.3 Å². The fourth-order valence-electron chi connectivity index (χ4n) is 3.60. The van der Waals surface area contributed by atoms with Gasteiger partial charge in [-0.3, -0.25) is 14.2 Å². The Kier molecular flexibility index (Phi) is 5.29. The lowest BCUT2D eigenvalue weighted by Gasteiger charge is -2.15. The second-order valence-electron chi connectivity index (χ2n) is 6.90. The molecule has 0 saturated heterocycles. The summed E-state index contributed by atoms with van der Waals surface area (Å²) in [7, 11) is 3.35. The van der Waals surface area contributed by atoms with Crippen molar-refractivity contribution in [2.75, 3.05) is 7.11 Å². The van der Waals surface area contributed by atoms with Crippen LogP contribution in [0.4, 0.5) is 0 Å². The van der Waals surface area contributed by atoms with Gasteiger partial charge in [-0.25, -0.2) is 4.98 Å². The van der Waals surface area contributed by atoms with Gasteiger partial charge in [-0.05, 0) is 55.5 Å². The van der Waals surface area contributed by atoms with Crippen LogP contribution in [-0.2, 0) is 19.9 Å². The van der Waals surface area contributed by atoms with Gasteiger partial charge in [-0.2, -0.15) is 0 Å². The minimum Gasteiger partial charge on any atom is -0.497 e. The molecule has 0 radical (unpaired) electrons. The summed E-state index contributed by atoms with van der Waals surface area (Å²) in [6.45, 7) is 1.98. The first kappa shape index (κ1) is 19.2. The van der Waals surface area contributed by atoms with Crippen molar-refractivity contribution in [2.45, 2.75) is 43.0 Å². The third-order valence-electron chi connectivity index (χ3n) is 5.19. The number of aromatic nitrogens is 2. The van der Waals surface area contributed by atoms with Crippen LogP contribution in [0.3, 0.4) is 0 Å². The molecule has 146 valence electrons. The first-order valence-corrected chi connectivity index (χ1v) is 11.1. The number of ether oxygens (including phenoxy) is 1. The zero-order valence-corrected chi connectivity index (χ0v) is 17.8. The molecule has 28 heavy (non-hydrogen) atoms. The summed E-state index contributed by atoms with van der Waals surface area (Å²) in [5, 5.41) is 1.08. The highest BCUT2D eigenvalue weighted by Gasteiger charge is 2.25. The van der Waals surface area contributed by atoms with Crippen molar-refractivity contribution in [2.24, 2.45) is 7.05 Å². The second kappa shape index (κ2) is 7.72. The number of rotatable bonds is 6. The molecule has 0 fully saturated rings. The van der Waals surface area contributed by atoms with Gasteiger partial charge in [0.1, 0.15) is 10.6 Å². The van der Waals surface area contributed by atoms with E-state index in [2.05, 4.69) is 0 Å². The van der Waals surface area contributed by atoms with Crippen molar-refractivity contribution < 1.29 is 9.53 Å². The van der Waals surface area contributed by atoms with Gasteiger partial charge in [0.25, 0.3) is 5.56 Å². The van der Waals surface area contributed by atoms with Gasteiger partial charge < -0.3 is 4.74 Å². The third kappa shape index (κ3) is 3.26. The molecule has 0 aliphatic heterocycles. The molecule has 0 bridgehead atoms. The van der Waals surface area contributed by atoms with Gasteiger partial charge >= 0.3 is 0 Å². The van der Waals surface area contributed by atoms with Gasteiger partial charge in [0.15, 0.2) is 10.9 Å². The molecule has 3 aromatic rings. The van der Waals surface area contributed by atoms with Crippen molar-refractivity contribution in [3.63, 3.8) is 0 Å². The quantitative estimate of drug-likeness (QED) is 0.343. The Bertz CT molecular complexity index is 1100. The van der Waals surface area contributed by atoms with E-state index in [1.807, 2.05) is 6.92 Å². The summed E-state index contributed by atoms with van der Waals surface area (Å²) in [6.07, 6.45) is 3.78. The van der Waals surface area contributed by atoms with E-state index in [4.69, 9.17) is 9.72 Å². The van der Waals surface area contributed by atoms with Crippen molar-refractivity contribution in [1.82, 2.24) is 9.55 Å². The third-order valence-corrected chi connectivity index (χ3v) is 7.78. The number of hydrogen-bond acceptors (Lipinski definition) is 6. The molecule has 0 saturated carbocycles. The van der Waals surface area contributed by atoms with Crippen LogP contribution in [0.5, 0.6) is 5.75 Å². The van der Waals surface area contributed by atoms with Crippen molar-refractivity contribution in [3.05, 3.63) is 50.6 Å². The van der Waals surface area contributed by atoms with Crippen LogP contribution in [0.2, 0.25) is 0 Å². The van der Waals surface area contributed by atoms with Crippen LogP contribution in [0, 0.1) is 0 Å². The van der Waals surface area contributed by atoms with Crippen molar-refractivity contribution in [1.29, 1.82) is 0 Å². The summed E-state index contributed by atoms with van der Waals surface area (Å²) in [4.78, 5) is 32.8. The number of hydrogen-bond donors (Lipinski definition) is 0. The lowest BCUT2D eigenvalue weighted by molar-refractivity contribution is 0.0988. The second-order valence-corrected chi connectivity index (χ2v) is 9.16. The Balaban J connectivity index is 1.66. The van der Waals surface area contributed by atoms with Gasteiger partial charge in [0.05, 0.1) is 17.7 Å². The number of thiophene rings is 1. The van der Waals surface area contributed by atoms with E-state index in [0.29, 0.717) is 17.1 Å². The molecule has 1 aromatic carbocycles. The Morgan fingerprint density at radius 2 is 2.07 bits per heavy atom. The Morgan fingerprint density at radius 3 is 2.75 bits per heavy atom. The maximum absolute atomic E-state index is 13.0. The molecular formula is C21H22N2O3S2. The number of carbonyl (C=O) groups is 1. The Hall–Kier alpha value is -2.12. The van der Waals surface area contributed by atoms with E-state index < -0.39 is 0 Å². The minimum atomic E-state index is -0.296. The van der Waals surface area contributed by atoms with Crippen LogP contribution in [0.1, 0.15) is 40.6 Å². The SMILES string of the molecule is CCC(Sc1nc2sc3c(c2c(=O)n1C)CCC3)C(=O)c1ccc(OC)cc1. The lowest BCUT2D eigenvalue weighted by Crippen LogP contribution is -2.23. The van der Waals surface area contributed by atoms with E-state index >= 15 is 0 Å². The zero-order valence-electron chi connectivity index (χ0n) is 16.2. The number of carbonyl (C=O) groups excluding carboxylic acids is 1. The van der Waals surface area contributed by atoms with Gasteiger partial charge in [0.2, 0.25) is 0 Å². The average molecular weight is 415 g/mol. The monoisotopic (exact) mass is 414 g/mol. The van der Waals surface area contributed by atoms with E-state index in [1.54, 1.807) is 54.3 Å². The maximum atomic E-state index is 13.0. The van der Waals surface area contributed by atoms with Crippen LogP contribution in [0.25, 0.3) is 10.2 Å². The summed E-state index contributed by atoms with van der Waals surface area (Å²) in [5.74, 6) is 0.760. The van der Waals surface area contributed by atoms with E-state index in [1.165, 1.54) is 22.2 Å². The standard InChI is InChI=1S/C21H22N2O3S2/c1-4-15(18(24)12-8-10-13(26-3)11-9-12)28-21-22-19-17(20(25)23(21)2)14-6-5-7-16(14)27-19/h8-11,15H,4-7H2,1-3H3. The van der Waals surface area contributed by atoms with Gasteiger partial charge in [-0.1, -0.05) is 18.7 Å². The van der Waals surface area contributed by atoms with Gasteiger partial charge in [-0.15, -0.1) is 11.3 Å². The maximum Gasteiger partial charge on any atom is 0.262 e. The number of benzene rings is 1.